The highest BCUT2D eigenvalue weighted by molar-refractivity contribution is 7.20. The summed E-state index contributed by atoms with van der Waals surface area (Å²) in [5.41, 5.74) is 0.796. The van der Waals surface area contributed by atoms with E-state index >= 15 is 0 Å². The number of thiophene rings is 1. The van der Waals surface area contributed by atoms with E-state index in [0.717, 1.165) is 30.0 Å². The Morgan fingerprint density at radius 1 is 1.40 bits per heavy atom. The first kappa shape index (κ1) is 16.0. The summed E-state index contributed by atoms with van der Waals surface area (Å²) >= 11 is 1.16. The highest BCUT2D eigenvalue weighted by Crippen LogP contribution is 2.29. The highest BCUT2D eigenvalue weighted by Gasteiger charge is 2.24. The number of esters is 1. The maximum absolute atomic E-state index is 13.6. The van der Waals surface area contributed by atoms with Gasteiger partial charge in [0.05, 0.1) is 5.39 Å². The maximum Gasteiger partial charge on any atom is 0.349 e. The Hall–Kier alpha value is -2.54. The van der Waals surface area contributed by atoms with Crippen molar-refractivity contribution in [2.24, 2.45) is 0 Å². The third kappa shape index (κ3) is 2.64. The van der Waals surface area contributed by atoms with E-state index in [9.17, 15) is 14.0 Å². The molecule has 0 unspecified atom stereocenters. The van der Waals surface area contributed by atoms with Crippen LogP contribution in [0.1, 0.15) is 33.0 Å². The van der Waals surface area contributed by atoms with Gasteiger partial charge >= 0.3 is 5.97 Å². The summed E-state index contributed by atoms with van der Waals surface area (Å²) in [6.45, 7) is 2.24. The molecule has 0 atom stereocenters. The standard InChI is InChI=1S/C18H15FN2O3S/c1-10-14-16(20-13-7-4-8-21(13)17(14)22)25-15(10)18(23)24-9-11-5-2-3-6-12(11)19/h2-3,5-6H,4,7-9H2,1H3. The van der Waals surface area contributed by atoms with Crippen LogP contribution in [0.25, 0.3) is 10.2 Å². The van der Waals surface area contributed by atoms with E-state index in [0.29, 0.717) is 32.8 Å². The molecule has 2 aromatic heterocycles. The zero-order valence-corrected chi connectivity index (χ0v) is 14.4. The SMILES string of the molecule is Cc1c(C(=O)OCc2ccccc2F)sc2nc3n(c(=O)c12)CCC3. The molecule has 0 aliphatic carbocycles. The van der Waals surface area contributed by atoms with Gasteiger partial charge < -0.3 is 4.74 Å². The number of hydrogen-bond acceptors (Lipinski definition) is 5. The van der Waals surface area contributed by atoms with Gasteiger partial charge in [-0.1, -0.05) is 18.2 Å². The minimum atomic E-state index is -0.562. The summed E-state index contributed by atoms with van der Waals surface area (Å²) < 4.78 is 20.6. The molecule has 3 aromatic rings. The summed E-state index contributed by atoms with van der Waals surface area (Å²) in [7, 11) is 0. The molecule has 0 saturated carbocycles. The third-order valence-corrected chi connectivity index (χ3v) is 5.58. The number of ether oxygens (including phenoxy) is 1. The number of carbonyl (C=O) groups excluding carboxylic acids is 1. The highest BCUT2D eigenvalue weighted by atomic mass is 32.1. The van der Waals surface area contributed by atoms with Crippen LogP contribution in [0.5, 0.6) is 0 Å². The predicted octanol–water partition coefficient (Wildman–Crippen LogP) is 3.21. The summed E-state index contributed by atoms with van der Waals surface area (Å²) in [5, 5.41) is 0.480. The van der Waals surface area contributed by atoms with E-state index in [1.807, 2.05) is 0 Å². The van der Waals surface area contributed by atoms with Gasteiger partial charge in [0.1, 0.15) is 28.0 Å². The smallest absolute Gasteiger partial charge is 0.349 e. The molecule has 0 saturated heterocycles. The Balaban J connectivity index is 1.66. The van der Waals surface area contributed by atoms with Gasteiger partial charge in [-0.05, 0) is 25.0 Å². The van der Waals surface area contributed by atoms with Crippen molar-refractivity contribution in [1.82, 2.24) is 9.55 Å². The Bertz CT molecular complexity index is 1050. The number of aryl methyl sites for hydroxylation is 2. The van der Waals surface area contributed by atoms with Crippen molar-refractivity contribution >= 4 is 27.5 Å². The van der Waals surface area contributed by atoms with Crippen molar-refractivity contribution < 1.29 is 13.9 Å². The van der Waals surface area contributed by atoms with Crippen LogP contribution in [0.4, 0.5) is 4.39 Å². The first-order valence-corrected chi connectivity index (χ1v) is 8.81. The van der Waals surface area contributed by atoms with Crippen LogP contribution in [-0.2, 0) is 24.3 Å². The molecule has 0 N–H and O–H groups in total. The summed E-state index contributed by atoms with van der Waals surface area (Å²) in [6, 6.07) is 6.15. The fraction of sp³-hybridized carbons (Fsp3) is 0.278. The first-order valence-electron chi connectivity index (χ1n) is 7.99. The molecule has 5 nitrogen and oxygen atoms in total. The monoisotopic (exact) mass is 358 g/mol. The summed E-state index contributed by atoms with van der Waals surface area (Å²) in [5.74, 6) is -0.210. The van der Waals surface area contributed by atoms with Gasteiger partial charge in [0.2, 0.25) is 0 Å². The molecule has 1 aliphatic rings. The number of nitrogens with zero attached hydrogens (tertiary/aromatic N) is 2. The molecular weight excluding hydrogens is 343 g/mol. The number of hydrogen-bond donors (Lipinski definition) is 0. The van der Waals surface area contributed by atoms with Crippen molar-refractivity contribution in [3.8, 4) is 0 Å². The molecule has 25 heavy (non-hydrogen) atoms. The average Bonchev–Trinajstić information content (AvgIpc) is 3.19. The topological polar surface area (TPSA) is 61.2 Å². The van der Waals surface area contributed by atoms with Crippen molar-refractivity contribution in [3.63, 3.8) is 0 Å². The summed E-state index contributed by atoms with van der Waals surface area (Å²) in [4.78, 5) is 30.5. The number of fused-ring (bicyclic) bond motifs is 2. The van der Waals surface area contributed by atoms with Crippen molar-refractivity contribution in [2.75, 3.05) is 0 Å². The second kappa shape index (κ2) is 6.07. The molecule has 128 valence electrons. The lowest BCUT2D eigenvalue weighted by atomic mass is 10.2. The minimum absolute atomic E-state index is 0.0978. The number of halogens is 1. The van der Waals surface area contributed by atoms with E-state index in [2.05, 4.69) is 4.98 Å². The van der Waals surface area contributed by atoms with E-state index in [-0.39, 0.29) is 12.2 Å². The van der Waals surface area contributed by atoms with Crippen LogP contribution in [0.2, 0.25) is 0 Å². The maximum atomic E-state index is 13.6. The third-order valence-electron chi connectivity index (χ3n) is 4.41. The van der Waals surface area contributed by atoms with Gasteiger partial charge in [-0.2, -0.15) is 0 Å². The zero-order chi connectivity index (χ0) is 17.6. The van der Waals surface area contributed by atoms with Crippen LogP contribution in [0, 0.1) is 12.7 Å². The van der Waals surface area contributed by atoms with Gasteiger partial charge in [0.15, 0.2) is 0 Å². The molecule has 1 aliphatic heterocycles. The van der Waals surface area contributed by atoms with Crippen LogP contribution >= 0.6 is 11.3 Å². The van der Waals surface area contributed by atoms with E-state index in [1.165, 1.54) is 6.07 Å². The Labute approximate surface area is 146 Å². The Morgan fingerprint density at radius 3 is 3.00 bits per heavy atom. The van der Waals surface area contributed by atoms with Gasteiger partial charge in [0.25, 0.3) is 5.56 Å². The Morgan fingerprint density at radius 2 is 2.20 bits per heavy atom. The predicted molar refractivity (Wildman–Crippen MR) is 92.5 cm³/mol. The largest absolute Gasteiger partial charge is 0.457 e. The molecule has 1 aromatic carbocycles. The number of benzene rings is 1. The lowest BCUT2D eigenvalue weighted by Gasteiger charge is -2.05. The van der Waals surface area contributed by atoms with E-state index < -0.39 is 11.8 Å². The molecule has 3 heterocycles. The normalized spacial score (nSPS) is 13.2. The van der Waals surface area contributed by atoms with Crippen LogP contribution in [0.15, 0.2) is 29.1 Å². The van der Waals surface area contributed by atoms with Gasteiger partial charge in [-0.25, -0.2) is 14.2 Å². The molecule has 7 heteroatoms. The number of carbonyl (C=O) groups is 1. The second-order valence-corrected chi connectivity index (χ2v) is 6.99. The quantitative estimate of drug-likeness (QED) is 0.675. The Kier molecular flexibility index (Phi) is 3.88. The molecular formula is C18H15FN2O3S. The zero-order valence-electron chi connectivity index (χ0n) is 13.5. The van der Waals surface area contributed by atoms with Gasteiger partial charge in [-0.3, -0.25) is 9.36 Å². The lowest BCUT2D eigenvalue weighted by Crippen LogP contribution is -2.20. The first-order chi connectivity index (χ1) is 12.1. The fourth-order valence-corrected chi connectivity index (χ4v) is 4.18. The second-order valence-electron chi connectivity index (χ2n) is 5.99. The molecule has 0 spiro atoms. The van der Waals surface area contributed by atoms with E-state index in [1.54, 1.807) is 29.7 Å². The average molecular weight is 358 g/mol. The molecule has 0 bridgehead atoms. The van der Waals surface area contributed by atoms with Crippen LogP contribution < -0.4 is 5.56 Å². The molecule has 0 amide bonds. The minimum Gasteiger partial charge on any atom is -0.457 e. The fourth-order valence-electron chi connectivity index (χ4n) is 3.09. The van der Waals surface area contributed by atoms with Crippen molar-refractivity contribution in [3.05, 3.63) is 62.3 Å². The van der Waals surface area contributed by atoms with Crippen molar-refractivity contribution in [1.29, 1.82) is 0 Å². The lowest BCUT2D eigenvalue weighted by molar-refractivity contribution is 0.0474. The molecule has 0 fully saturated rings. The van der Waals surface area contributed by atoms with Crippen molar-refractivity contribution in [2.45, 2.75) is 32.9 Å². The van der Waals surface area contributed by atoms with Crippen LogP contribution in [-0.4, -0.2) is 15.5 Å². The summed E-state index contributed by atoms with van der Waals surface area (Å²) in [6.07, 6.45) is 1.69. The van der Waals surface area contributed by atoms with E-state index in [4.69, 9.17) is 4.74 Å². The van der Waals surface area contributed by atoms with Gasteiger partial charge in [0, 0.05) is 18.5 Å². The number of rotatable bonds is 3. The molecule has 0 radical (unpaired) electrons. The van der Waals surface area contributed by atoms with Crippen LogP contribution in [0.3, 0.4) is 0 Å². The van der Waals surface area contributed by atoms with Gasteiger partial charge in [-0.15, -0.1) is 11.3 Å². The molecule has 4 rings (SSSR count). The number of aromatic nitrogens is 2.